The highest BCUT2D eigenvalue weighted by atomic mass is 35.5. The number of carbonyl (C=O) groups excluding carboxylic acids is 1. The molecule has 98 valence electrons. The Morgan fingerprint density at radius 2 is 2.21 bits per heavy atom. The van der Waals surface area contributed by atoms with Crippen LogP contribution in [-0.4, -0.2) is 26.3 Å². The molecule has 2 heterocycles. The number of hydrogen-bond acceptors (Lipinski definition) is 5. The smallest absolute Gasteiger partial charge is 0.340 e. The molecule has 2 rings (SSSR count). The molecule has 8 heteroatoms. The van der Waals surface area contributed by atoms with Gasteiger partial charge in [-0.2, -0.15) is 4.37 Å². The van der Waals surface area contributed by atoms with Crippen molar-refractivity contribution >= 4 is 40.0 Å². The van der Waals surface area contributed by atoms with Gasteiger partial charge in [-0.25, -0.2) is 4.79 Å². The zero-order valence-electron chi connectivity index (χ0n) is 9.68. The molecule has 2 aromatic rings. The van der Waals surface area contributed by atoms with Crippen molar-refractivity contribution < 1.29 is 14.7 Å². The normalized spacial score (nSPS) is 10.2. The van der Waals surface area contributed by atoms with Crippen LogP contribution in [0.25, 0.3) is 0 Å². The van der Waals surface area contributed by atoms with E-state index in [1.54, 1.807) is 6.92 Å². The number of carboxylic acids is 1. The fraction of sp³-hybridized carbons (Fsp3) is 0.0909. The molecule has 0 saturated heterocycles. The number of carboxylic acid groups (broad SMARTS) is 1. The van der Waals surface area contributed by atoms with E-state index >= 15 is 0 Å². The zero-order chi connectivity index (χ0) is 14.0. The van der Waals surface area contributed by atoms with E-state index in [1.165, 1.54) is 18.5 Å². The van der Waals surface area contributed by atoms with Gasteiger partial charge in [0.25, 0.3) is 5.91 Å². The summed E-state index contributed by atoms with van der Waals surface area (Å²) in [5.74, 6) is -1.66. The van der Waals surface area contributed by atoms with Gasteiger partial charge in [0.2, 0.25) is 0 Å². The summed E-state index contributed by atoms with van der Waals surface area (Å²) in [4.78, 5) is 26.8. The Kier molecular flexibility index (Phi) is 3.77. The van der Waals surface area contributed by atoms with E-state index < -0.39 is 11.9 Å². The number of rotatable bonds is 3. The molecule has 19 heavy (non-hydrogen) atoms. The molecule has 1 amide bonds. The van der Waals surface area contributed by atoms with E-state index in [0.29, 0.717) is 5.69 Å². The number of nitrogens with one attached hydrogen (secondary N) is 1. The summed E-state index contributed by atoms with van der Waals surface area (Å²) in [6.45, 7) is 1.56. The Morgan fingerprint density at radius 1 is 1.47 bits per heavy atom. The lowest BCUT2D eigenvalue weighted by molar-refractivity contribution is 0.0697. The summed E-state index contributed by atoms with van der Waals surface area (Å²) < 4.78 is 3.90. The number of anilines is 1. The van der Waals surface area contributed by atoms with E-state index in [4.69, 9.17) is 16.7 Å². The van der Waals surface area contributed by atoms with Crippen molar-refractivity contribution in [3.05, 3.63) is 40.3 Å². The van der Waals surface area contributed by atoms with Crippen molar-refractivity contribution in [2.75, 3.05) is 5.32 Å². The minimum Gasteiger partial charge on any atom is -0.478 e. The quantitative estimate of drug-likeness (QED) is 0.908. The molecule has 2 N–H and O–H groups in total. The summed E-state index contributed by atoms with van der Waals surface area (Å²) in [7, 11) is 0. The van der Waals surface area contributed by atoms with Gasteiger partial charge in [-0.05, 0) is 24.5 Å². The van der Waals surface area contributed by atoms with Gasteiger partial charge in [0.1, 0.15) is 10.6 Å². The van der Waals surface area contributed by atoms with E-state index in [9.17, 15) is 9.59 Å². The molecule has 6 nitrogen and oxygen atoms in total. The molecule has 0 aliphatic carbocycles. The Balaban J connectivity index is 2.30. The third-order valence-corrected chi connectivity index (χ3v) is 3.50. The first kappa shape index (κ1) is 13.4. The summed E-state index contributed by atoms with van der Waals surface area (Å²) in [6, 6.07) is 1.48. The molecular formula is C11H8ClN3O3S. The van der Waals surface area contributed by atoms with Gasteiger partial charge in [0, 0.05) is 12.4 Å². The predicted octanol–water partition coefficient (Wildman–Crippen LogP) is 2.45. The number of hydrogen-bond donors (Lipinski definition) is 2. The molecule has 0 aromatic carbocycles. The first-order valence-corrected chi connectivity index (χ1v) is 6.26. The predicted molar refractivity (Wildman–Crippen MR) is 71.0 cm³/mol. The van der Waals surface area contributed by atoms with Crippen molar-refractivity contribution in [1.29, 1.82) is 0 Å². The van der Waals surface area contributed by atoms with E-state index in [1.807, 2.05) is 0 Å². The van der Waals surface area contributed by atoms with Crippen molar-refractivity contribution in [1.82, 2.24) is 9.36 Å². The van der Waals surface area contributed by atoms with E-state index in [2.05, 4.69) is 14.7 Å². The first-order valence-electron chi connectivity index (χ1n) is 5.11. The maximum absolute atomic E-state index is 12.0. The highest BCUT2D eigenvalue weighted by molar-refractivity contribution is 7.11. The van der Waals surface area contributed by atoms with Crippen molar-refractivity contribution in [2.45, 2.75) is 6.92 Å². The maximum Gasteiger partial charge on any atom is 0.340 e. The molecular weight excluding hydrogens is 290 g/mol. The number of carbonyl (C=O) groups is 2. The summed E-state index contributed by atoms with van der Waals surface area (Å²) in [5.41, 5.74) is 0.509. The van der Waals surface area contributed by atoms with Gasteiger partial charge in [-0.1, -0.05) is 11.6 Å². The Labute approximate surface area is 117 Å². The van der Waals surface area contributed by atoms with Crippen LogP contribution in [0.5, 0.6) is 0 Å². The second kappa shape index (κ2) is 5.33. The molecule has 0 aliphatic rings. The van der Waals surface area contributed by atoms with Crippen LogP contribution in [0.2, 0.25) is 5.02 Å². The average Bonchev–Trinajstić information content (AvgIpc) is 2.70. The van der Waals surface area contributed by atoms with E-state index in [-0.39, 0.29) is 21.2 Å². The standard InChI is InChI=1S/C11H8ClN3O3S/c1-5-8(11(17)18)10(19-15-5)14-9(16)6-4-13-3-2-7(6)12/h2-4H,1H3,(H,14,16)(H,17,18). The molecule has 0 atom stereocenters. The van der Waals surface area contributed by atoms with Crippen LogP contribution in [-0.2, 0) is 0 Å². The topological polar surface area (TPSA) is 92.2 Å². The number of aromatic nitrogens is 2. The zero-order valence-corrected chi connectivity index (χ0v) is 11.2. The van der Waals surface area contributed by atoms with Gasteiger partial charge in [-0.15, -0.1) is 0 Å². The van der Waals surface area contributed by atoms with Crippen LogP contribution in [0.1, 0.15) is 26.4 Å². The molecule has 0 bridgehead atoms. The minimum absolute atomic E-state index is 0.0154. The van der Waals surface area contributed by atoms with Crippen molar-refractivity contribution in [3.63, 3.8) is 0 Å². The number of halogens is 1. The van der Waals surface area contributed by atoms with Crippen LogP contribution < -0.4 is 5.32 Å². The Morgan fingerprint density at radius 3 is 2.84 bits per heavy atom. The molecule has 2 aromatic heterocycles. The molecule has 0 spiro atoms. The van der Waals surface area contributed by atoms with Gasteiger partial charge in [0.15, 0.2) is 0 Å². The lowest BCUT2D eigenvalue weighted by Gasteiger charge is -2.04. The molecule has 0 saturated carbocycles. The highest BCUT2D eigenvalue weighted by Gasteiger charge is 2.20. The minimum atomic E-state index is -1.14. The summed E-state index contributed by atoms with van der Waals surface area (Å²) in [5, 5.41) is 11.9. The SMILES string of the molecule is Cc1nsc(NC(=O)c2cnccc2Cl)c1C(=O)O. The van der Waals surface area contributed by atoms with Crippen LogP contribution in [0.3, 0.4) is 0 Å². The number of aromatic carboxylic acids is 1. The number of amides is 1. The maximum atomic E-state index is 12.0. The highest BCUT2D eigenvalue weighted by Crippen LogP contribution is 2.25. The van der Waals surface area contributed by atoms with Gasteiger partial charge >= 0.3 is 5.97 Å². The third-order valence-electron chi connectivity index (χ3n) is 2.32. The summed E-state index contributed by atoms with van der Waals surface area (Å²) in [6.07, 6.45) is 2.77. The largest absolute Gasteiger partial charge is 0.478 e. The van der Waals surface area contributed by atoms with Crippen molar-refractivity contribution in [3.8, 4) is 0 Å². The lowest BCUT2D eigenvalue weighted by Crippen LogP contribution is -2.14. The lowest BCUT2D eigenvalue weighted by atomic mass is 10.2. The van der Waals surface area contributed by atoms with Gasteiger partial charge < -0.3 is 10.4 Å². The monoisotopic (exact) mass is 297 g/mol. The Hall–Kier alpha value is -1.99. The van der Waals surface area contributed by atoms with Gasteiger partial charge in [0.05, 0.1) is 16.3 Å². The molecule has 0 fully saturated rings. The van der Waals surface area contributed by atoms with Crippen LogP contribution in [0, 0.1) is 6.92 Å². The van der Waals surface area contributed by atoms with Crippen molar-refractivity contribution in [2.24, 2.45) is 0 Å². The average molecular weight is 298 g/mol. The Bertz CT molecular complexity index is 656. The third kappa shape index (κ3) is 2.72. The number of nitrogens with zero attached hydrogens (tertiary/aromatic N) is 2. The van der Waals surface area contributed by atoms with Crippen LogP contribution >= 0.6 is 23.1 Å². The first-order chi connectivity index (χ1) is 9.00. The number of pyridine rings is 1. The fourth-order valence-corrected chi connectivity index (χ4v) is 2.40. The van der Waals surface area contributed by atoms with Crippen LogP contribution in [0.15, 0.2) is 18.5 Å². The fourth-order valence-electron chi connectivity index (χ4n) is 1.42. The van der Waals surface area contributed by atoms with E-state index in [0.717, 1.165) is 11.5 Å². The molecule has 0 radical (unpaired) electrons. The molecule has 0 unspecified atom stereocenters. The second-order valence-electron chi connectivity index (χ2n) is 3.59. The summed E-state index contributed by atoms with van der Waals surface area (Å²) >= 11 is 6.77. The second-order valence-corrected chi connectivity index (χ2v) is 4.77. The van der Waals surface area contributed by atoms with Crippen LogP contribution in [0.4, 0.5) is 5.00 Å². The van der Waals surface area contributed by atoms with Gasteiger partial charge in [-0.3, -0.25) is 9.78 Å². The molecule has 0 aliphatic heterocycles. The number of aryl methyl sites for hydroxylation is 1.